The molecule has 3 heteroatoms. The Morgan fingerprint density at radius 3 is 2.63 bits per heavy atom. The van der Waals surface area contributed by atoms with Gasteiger partial charge in [0.2, 0.25) is 0 Å². The molecule has 0 aliphatic heterocycles. The van der Waals surface area contributed by atoms with E-state index < -0.39 is 0 Å². The summed E-state index contributed by atoms with van der Waals surface area (Å²) in [7, 11) is 1.95. The molecule has 1 atom stereocenters. The van der Waals surface area contributed by atoms with E-state index >= 15 is 0 Å². The zero-order valence-electron chi connectivity index (χ0n) is 11.1. The van der Waals surface area contributed by atoms with Crippen molar-refractivity contribution in [2.45, 2.75) is 19.4 Å². The molecule has 2 aromatic carbocycles. The number of hydrogen-bond acceptors (Lipinski definition) is 1. The van der Waals surface area contributed by atoms with Crippen molar-refractivity contribution in [2.75, 3.05) is 7.05 Å². The number of benzene rings is 2. The smallest absolute Gasteiger partial charge is 0.123 e. The molecule has 2 rings (SSSR count). The molecule has 0 amide bonds. The number of rotatable bonds is 4. The predicted molar refractivity (Wildman–Crippen MR) is 85.8 cm³/mol. The van der Waals surface area contributed by atoms with Gasteiger partial charge < -0.3 is 5.32 Å². The quantitative estimate of drug-likeness (QED) is 0.795. The minimum atomic E-state index is -0.175. The van der Waals surface area contributed by atoms with Crippen molar-refractivity contribution in [3.05, 3.63) is 68.5 Å². The minimum Gasteiger partial charge on any atom is -0.313 e. The molecule has 100 valence electrons. The van der Waals surface area contributed by atoms with Gasteiger partial charge in [0.25, 0.3) is 0 Å². The SMILES string of the molecule is CNC(Cc1cccc(F)c1)c1cccc(C)c1I. The summed E-state index contributed by atoms with van der Waals surface area (Å²) in [6, 6.07) is 13.3. The Kier molecular flexibility index (Phi) is 4.93. The molecule has 0 bridgehead atoms. The first-order valence-electron chi connectivity index (χ1n) is 6.28. The number of aryl methyl sites for hydroxylation is 1. The van der Waals surface area contributed by atoms with Crippen molar-refractivity contribution < 1.29 is 4.39 Å². The van der Waals surface area contributed by atoms with Crippen LogP contribution in [0.1, 0.15) is 22.7 Å². The van der Waals surface area contributed by atoms with Crippen LogP contribution in [0.15, 0.2) is 42.5 Å². The van der Waals surface area contributed by atoms with Gasteiger partial charge >= 0.3 is 0 Å². The highest BCUT2D eigenvalue weighted by Gasteiger charge is 2.14. The molecule has 0 aliphatic carbocycles. The number of likely N-dealkylation sites (N-methyl/N-ethyl adjacent to an activating group) is 1. The fourth-order valence-corrected chi connectivity index (χ4v) is 2.94. The van der Waals surface area contributed by atoms with Gasteiger partial charge in [0.05, 0.1) is 0 Å². The molecular formula is C16H17FIN. The predicted octanol–water partition coefficient (Wildman–Crippen LogP) is 4.24. The Hall–Kier alpha value is -0.940. The number of nitrogens with one attached hydrogen (secondary N) is 1. The van der Waals surface area contributed by atoms with Gasteiger partial charge in [0, 0.05) is 9.61 Å². The fraction of sp³-hybridized carbons (Fsp3) is 0.250. The lowest BCUT2D eigenvalue weighted by Crippen LogP contribution is -2.20. The van der Waals surface area contributed by atoms with Gasteiger partial charge in [-0.1, -0.05) is 30.3 Å². The van der Waals surface area contributed by atoms with Crippen molar-refractivity contribution in [1.29, 1.82) is 0 Å². The third kappa shape index (κ3) is 3.54. The largest absolute Gasteiger partial charge is 0.313 e. The average molecular weight is 369 g/mol. The Labute approximate surface area is 127 Å². The van der Waals surface area contributed by atoms with Crippen LogP contribution in [-0.4, -0.2) is 7.05 Å². The molecule has 1 N–H and O–H groups in total. The zero-order chi connectivity index (χ0) is 13.8. The summed E-state index contributed by atoms with van der Waals surface area (Å²) in [4.78, 5) is 0. The maximum Gasteiger partial charge on any atom is 0.123 e. The van der Waals surface area contributed by atoms with Crippen LogP contribution in [0.2, 0.25) is 0 Å². The van der Waals surface area contributed by atoms with E-state index in [0.29, 0.717) is 0 Å². The van der Waals surface area contributed by atoms with Crippen LogP contribution < -0.4 is 5.32 Å². The molecule has 0 aliphatic rings. The Bertz CT molecular complexity index is 568. The third-order valence-electron chi connectivity index (χ3n) is 3.27. The highest BCUT2D eigenvalue weighted by atomic mass is 127. The van der Waals surface area contributed by atoms with Crippen LogP contribution >= 0.6 is 22.6 Å². The van der Waals surface area contributed by atoms with E-state index in [0.717, 1.165) is 12.0 Å². The van der Waals surface area contributed by atoms with Crippen molar-refractivity contribution in [1.82, 2.24) is 5.32 Å². The maximum atomic E-state index is 13.2. The van der Waals surface area contributed by atoms with Crippen LogP contribution in [0.25, 0.3) is 0 Å². The first-order chi connectivity index (χ1) is 9.11. The number of halogens is 2. The second-order valence-corrected chi connectivity index (χ2v) is 5.73. The second kappa shape index (κ2) is 6.48. The number of hydrogen-bond donors (Lipinski definition) is 1. The lowest BCUT2D eigenvalue weighted by molar-refractivity contribution is 0.581. The minimum absolute atomic E-state index is 0.175. The summed E-state index contributed by atoms with van der Waals surface area (Å²) in [5, 5.41) is 3.33. The normalized spacial score (nSPS) is 12.4. The summed E-state index contributed by atoms with van der Waals surface area (Å²) in [6.07, 6.45) is 0.785. The van der Waals surface area contributed by atoms with Gasteiger partial charge in [0.15, 0.2) is 0 Å². The van der Waals surface area contributed by atoms with Gasteiger partial charge in [-0.2, -0.15) is 0 Å². The van der Waals surface area contributed by atoms with Crippen molar-refractivity contribution in [3.8, 4) is 0 Å². The Morgan fingerprint density at radius 1 is 1.21 bits per heavy atom. The average Bonchev–Trinajstić information content (AvgIpc) is 2.40. The molecule has 1 nitrogen and oxygen atoms in total. The summed E-state index contributed by atoms with van der Waals surface area (Å²) in [6.45, 7) is 2.11. The molecule has 1 unspecified atom stereocenters. The highest BCUT2D eigenvalue weighted by Crippen LogP contribution is 2.25. The topological polar surface area (TPSA) is 12.0 Å². The fourth-order valence-electron chi connectivity index (χ4n) is 2.21. The second-order valence-electron chi connectivity index (χ2n) is 4.65. The van der Waals surface area contributed by atoms with Crippen LogP contribution in [0.3, 0.4) is 0 Å². The summed E-state index contributed by atoms with van der Waals surface area (Å²) in [5.74, 6) is -0.175. The highest BCUT2D eigenvalue weighted by molar-refractivity contribution is 14.1. The Morgan fingerprint density at radius 2 is 1.95 bits per heavy atom. The summed E-state index contributed by atoms with van der Waals surface area (Å²) in [5.41, 5.74) is 3.56. The molecule has 0 aromatic heterocycles. The van der Waals surface area contributed by atoms with Gasteiger partial charge in [-0.15, -0.1) is 0 Å². The lowest BCUT2D eigenvalue weighted by atomic mass is 9.98. The maximum absolute atomic E-state index is 13.2. The summed E-state index contributed by atoms with van der Waals surface area (Å²) >= 11 is 2.38. The van der Waals surface area contributed by atoms with E-state index in [1.54, 1.807) is 12.1 Å². The third-order valence-corrected chi connectivity index (χ3v) is 4.75. The molecule has 0 fully saturated rings. The zero-order valence-corrected chi connectivity index (χ0v) is 13.2. The van der Waals surface area contributed by atoms with Crippen molar-refractivity contribution >= 4 is 22.6 Å². The van der Waals surface area contributed by atoms with Crippen LogP contribution in [0.5, 0.6) is 0 Å². The first-order valence-corrected chi connectivity index (χ1v) is 7.36. The van der Waals surface area contributed by atoms with Gasteiger partial charge in [-0.3, -0.25) is 0 Å². The molecule has 0 spiro atoms. The van der Waals surface area contributed by atoms with Crippen LogP contribution in [0, 0.1) is 16.3 Å². The Balaban J connectivity index is 2.28. The molecular weight excluding hydrogens is 352 g/mol. The van der Waals surface area contributed by atoms with E-state index in [-0.39, 0.29) is 11.9 Å². The van der Waals surface area contributed by atoms with Gasteiger partial charge in [0.1, 0.15) is 5.82 Å². The molecule has 2 aromatic rings. The molecule has 0 heterocycles. The summed E-state index contributed by atoms with van der Waals surface area (Å²) < 4.78 is 14.5. The van der Waals surface area contributed by atoms with E-state index in [1.165, 1.54) is 20.8 Å². The standard InChI is InChI=1S/C16H17FIN/c1-11-5-3-8-14(16(11)18)15(19-2)10-12-6-4-7-13(17)9-12/h3-9,15,19H,10H2,1-2H3. The molecule has 19 heavy (non-hydrogen) atoms. The monoisotopic (exact) mass is 369 g/mol. The van der Waals surface area contributed by atoms with E-state index in [2.05, 4.69) is 53.0 Å². The van der Waals surface area contributed by atoms with Crippen molar-refractivity contribution in [2.24, 2.45) is 0 Å². The van der Waals surface area contributed by atoms with Crippen molar-refractivity contribution in [3.63, 3.8) is 0 Å². The first kappa shape index (κ1) is 14.5. The molecule has 0 saturated heterocycles. The van der Waals surface area contributed by atoms with E-state index in [1.807, 2.05) is 13.1 Å². The van der Waals surface area contributed by atoms with E-state index in [4.69, 9.17) is 0 Å². The van der Waals surface area contributed by atoms with Crippen LogP contribution in [-0.2, 0) is 6.42 Å². The molecule has 0 saturated carbocycles. The van der Waals surface area contributed by atoms with Gasteiger partial charge in [-0.05, 0) is 71.8 Å². The van der Waals surface area contributed by atoms with Crippen LogP contribution in [0.4, 0.5) is 4.39 Å². The lowest BCUT2D eigenvalue weighted by Gasteiger charge is -2.19. The van der Waals surface area contributed by atoms with E-state index in [9.17, 15) is 4.39 Å². The molecule has 0 radical (unpaired) electrons. The van der Waals surface area contributed by atoms with Gasteiger partial charge in [-0.25, -0.2) is 4.39 Å².